The monoisotopic (exact) mass is 275 g/mol. The van der Waals surface area contributed by atoms with Crippen molar-refractivity contribution in [1.29, 1.82) is 0 Å². The molecule has 0 aliphatic carbocycles. The fraction of sp³-hybridized carbons (Fsp3) is 0.455. The van der Waals surface area contributed by atoms with Crippen molar-refractivity contribution in [2.45, 2.75) is 11.3 Å². The molecular weight excluding hydrogens is 258 g/mol. The first kappa shape index (κ1) is 14.7. The Hall–Kier alpha value is -1.31. The highest BCUT2D eigenvalue weighted by Gasteiger charge is 2.18. The quantitative estimate of drug-likeness (QED) is 0.762. The molecule has 0 saturated heterocycles. The van der Waals surface area contributed by atoms with Crippen LogP contribution in [0.1, 0.15) is 5.56 Å². The zero-order chi connectivity index (χ0) is 13.8. The molecule has 0 aromatic heterocycles. The number of benzene rings is 1. The predicted octanol–water partition coefficient (Wildman–Crippen LogP) is 0.540. The second-order valence-corrected chi connectivity index (χ2v) is 5.69. The van der Waals surface area contributed by atoms with Crippen LogP contribution in [0.5, 0.6) is 11.5 Å². The minimum Gasteiger partial charge on any atom is -0.493 e. The first-order valence-electron chi connectivity index (χ1n) is 5.20. The van der Waals surface area contributed by atoms with Crippen molar-refractivity contribution >= 4 is 9.84 Å². The molecule has 1 rings (SSSR count). The Balaban J connectivity index is 3.36. The Morgan fingerprint density at radius 1 is 1.17 bits per heavy atom. The largest absolute Gasteiger partial charge is 0.493 e. The van der Waals surface area contributed by atoms with Crippen LogP contribution in [0.4, 0.5) is 0 Å². The maximum atomic E-state index is 11.7. The van der Waals surface area contributed by atoms with Crippen molar-refractivity contribution in [3.8, 4) is 11.5 Å². The Bertz CT molecular complexity index is 512. The van der Waals surface area contributed by atoms with Gasteiger partial charge in [0.2, 0.25) is 0 Å². The number of rotatable bonds is 6. The van der Waals surface area contributed by atoms with Gasteiger partial charge in [0.25, 0.3) is 0 Å². The molecule has 6 nitrogen and oxygen atoms in total. The van der Waals surface area contributed by atoms with Crippen molar-refractivity contribution in [1.82, 2.24) is 0 Å². The van der Waals surface area contributed by atoms with Crippen LogP contribution in [0, 0.1) is 0 Å². The summed E-state index contributed by atoms with van der Waals surface area (Å²) in [7, 11) is -0.415. The van der Waals surface area contributed by atoms with Gasteiger partial charge in [-0.1, -0.05) is 0 Å². The third-order valence-corrected chi connectivity index (χ3v) is 3.63. The van der Waals surface area contributed by atoms with Gasteiger partial charge in [-0.05, 0) is 18.1 Å². The van der Waals surface area contributed by atoms with Crippen LogP contribution in [0.15, 0.2) is 17.0 Å². The topological polar surface area (TPSA) is 87.9 Å². The van der Waals surface area contributed by atoms with Gasteiger partial charge in [-0.15, -0.1) is 0 Å². The summed E-state index contributed by atoms with van der Waals surface area (Å²) in [5.74, 6) is 5.80. The van der Waals surface area contributed by atoms with E-state index in [0.29, 0.717) is 23.5 Å². The molecule has 0 aliphatic heterocycles. The van der Waals surface area contributed by atoms with E-state index >= 15 is 0 Å². The molecule has 102 valence electrons. The lowest BCUT2D eigenvalue weighted by Crippen LogP contribution is -2.09. The van der Waals surface area contributed by atoms with Crippen LogP contribution >= 0.6 is 0 Å². The summed E-state index contributed by atoms with van der Waals surface area (Å²) in [4.78, 5) is 4.67. The lowest BCUT2D eigenvalue weighted by molar-refractivity contribution is 0.141. The molecule has 18 heavy (non-hydrogen) atoms. The highest BCUT2D eigenvalue weighted by atomic mass is 32.2. The first-order valence-corrected chi connectivity index (χ1v) is 7.09. The van der Waals surface area contributed by atoms with Gasteiger partial charge in [0.15, 0.2) is 21.3 Å². The molecule has 0 amide bonds. The third kappa shape index (κ3) is 3.34. The summed E-state index contributed by atoms with van der Waals surface area (Å²) < 4.78 is 33.7. The number of nitrogens with two attached hydrogens (primary N) is 1. The number of ether oxygens (including phenoxy) is 2. The van der Waals surface area contributed by atoms with Gasteiger partial charge < -0.3 is 14.3 Å². The van der Waals surface area contributed by atoms with Crippen LogP contribution in [0.2, 0.25) is 0 Å². The van der Waals surface area contributed by atoms with Crippen molar-refractivity contribution in [2.75, 3.05) is 27.1 Å². The predicted molar refractivity (Wildman–Crippen MR) is 66.5 cm³/mol. The van der Waals surface area contributed by atoms with Gasteiger partial charge in [0, 0.05) is 12.3 Å². The van der Waals surface area contributed by atoms with E-state index in [4.69, 9.17) is 15.4 Å². The Kier molecular flexibility index (Phi) is 4.94. The Morgan fingerprint density at radius 2 is 1.72 bits per heavy atom. The van der Waals surface area contributed by atoms with Crippen molar-refractivity contribution < 1.29 is 22.7 Å². The Labute approximate surface area is 107 Å². The van der Waals surface area contributed by atoms with E-state index in [2.05, 4.69) is 4.84 Å². The maximum Gasteiger partial charge on any atom is 0.175 e. The average molecular weight is 275 g/mol. The van der Waals surface area contributed by atoms with Crippen LogP contribution < -0.4 is 15.4 Å². The van der Waals surface area contributed by atoms with Crippen molar-refractivity contribution in [3.63, 3.8) is 0 Å². The molecule has 0 atom stereocenters. The summed E-state index contributed by atoms with van der Waals surface area (Å²) in [6, 6.07) is 3.06. The standard InChI is InChI=1S/C11H17NO5S/c1-15-9-6-8(4-5-17-12)11(18(3,13)14)7-10(9)16-2/h6-7H,4-5,12H2,1-3H3. The zero-order valence-electron chi connectivity index (χ0n) is 10.6. The molecule has 0 heterocycles. The molecule has 0 fully saturated rings. The highest BCUT2D eigenvalue weighted by Crippen LogP contribution is 2.32. The van der Waals surface area contributed by atoms with Crippen LogP contribution in [-0.4, -0.2) is 35.5 Å². The van der Waals surface area contributed by atoms with Crippen LogP contribution in [-0.2, 0) is 21.1 Å². The third-order valence-electron chi connectivity index (χ3n) is 2.46. The summed E-state index contributed by atoms with van der Waals surface area (Å²) in [5.41, 5.74) is 0.584. The van der Waals surface area contributed by atoms with E-state index in [-0.39, 0.29) is 11.5 Å². The molecule has 7 heteroatoms. The molecule has 1 aromatic rings. The number of methoxy groups -OCH3 is 2. The summed E-state index contributed by atoms with van der Waals surface area (Å²) >= 11 is 0. The lowest BCUT2D eigenvalue weighted by atomic mass is 10.1. The van der Waals surface area contributed by atoms with E-state index in [0.717, 1.165) is 6.26 Å². The van der Waals surface area contributed by atoms with Crippen molar-refractivity contribution in [3.05, 3.63) is 17.7 Å². The van der Waals surface area contributed by atoms with Gasteiger partial charge in [0.1, 0.15) is 0 Å². The van der Waals surface area contributed by atoms with Crippen molar-refractivity contribution in [2.24, 2.45) is 5.90 Å². The number of sulfone groups is 1. The Morgan fingerprint density at radius 3 is 2.17 bits per heavy atom. The molecule has 0 bridgehead atoms. The molecule has 0 radical (unpaired) electrons. The second kappa shape index (κ2) is 6.03. The van der Waals surface area contributed by atoms with E-state index in [1.165, 1.54) is 20.3 Å². The van der Waals surface area contributed by atoms with Gasteiger partial charge in [0.05, 0.1) is 25.7 Å². The lowest BCUT2D eigenvalue weighted by Gasteiger charge is -2.13. The van der Waals surface area contributed by atoms with E-state index in [1.807, 2.05) is 0 Å². The second-order valence-electron chi connectivity index (χ2n) is 3.71. The van der Waals surface area contributed by atoms with E-state index in [1.54, 1.807) is 6.07 Å². The fourth-order valence-electron chi connectivity index (χ4n) is 1.61. The van der Waals surface area contributed by atoms with Gasteiger partial charge in [-0.3, -0.25) is 0 Å². The number of hydrogen-bond donors (Lipinski definition) is 1. The van der Waals surface area contributed by atoms with E-state index < -0.39 is 9.84 Å². The molecule has 2 N–H and O–H groups in total. The summed E-state index contributed by atoms with van der Waals surface area (Å²) in [5, 5.41) is 0. The molecule has 0 unspecified atom stereocenters. The molecule has 0 saturated carbocycles. The van der Waals surface area contributed by atoms with Crippen LogP contribution in [0.3, 0.4) is 0 Å². The normalized spacial score (nSPS) is 11.3. The zero-order valence-corrected chi connectivity index (χ0v) is 11.4. The minimum absolute atomic E-state index is 0.192. The molecular formula is C11H17NO5S. The number of hydrogen-bond acceptors (Lipinski definition) is 6. The van der Waals surface area contributed by atoms with Gasteiger partial charge in [-0.25, -0.2) is 14.3 Å². The summed E-state index contributed by atoms with van der Waals surface area (Å²) in [6.07, 6.45) is 1.51. The average Bonchev–Trinajstić information content (AvgIpc) is 2.33. The van der Waals surface area contributed by atoms with E-state index in [9.17, 15) is 8.42 Å². The molecule has 0 spiro atoms. The molecule has 0 aliphatic rings. The summed E-state index contributed by atoms with van der Waals surface area (Å²) in [6.45, 7) is 0.220. The van der Waals surface area contributed by atoms with Gasteiger partial charge in [-0.2, -0.15) is 0 Å². The highest BCUT2D eigenvalue weighted by molar-refractivity contribution is 7.90. The maximum absolute atomic E-state index is 11.7. The minimum atomic E-state index is -3.35. The first-order chi connectivity index (χ1) is 8.43. The SMILES string of the molecule is COc1cc(CCON)c(S(C)(=O)=O)cc1OC. The van der Waals surface area contributed by atoms with Gasteiger partial charge >= 0.3 is 0 Å². The fourth-order valence-corrected chi connectivity index (χ4v) is 2.57. The molecule has 1 aromatic carbocycles. The smallest absolute Gasteiger partial charge is 0.175 e. The van der Waals surface area contributed by atoms with Crippen LogP contribution in [0.25, 0.3) is 0 Å².